The number of hydrogen-bond donors (Lipinski definition) is 0. The predicted molar refractivity (Wildman–Crippen MR) is 137 cm³/mol. The van der Waals surface area contributed by atoms with Crippen molar-refractivity contribution in [3.8, 4) is 0 Å². The van der Waals surface area contributed by atoms with E-state index in [9.17, 15) is 14.0 Å². The maximum atomic E-state index is 13.4. The summed E-state index contributed by atoms with van der Waals surface area (Å²) in [6, 6.07) is 12.8. The zero-order valence-corrected chi connectivity index (χ0v) is 21.7. The fourth-order valence-corrected chi connectivity index (χ4v) is 4.64. The molecule has 0 radical (unpaired) electrons. The Morgan fingerprint density at radius 3 is 2.51 bits per heavy atom. The molecule has 2 heterocycles. The highest BCUT2D eigenvalue weighted by molar-refractivity contribution is 5.92. The minimum absolute atomic E-state index is 0.165. The van der Waals surface area contributed by atoms with Crippen LogP contribution in [-0.4, -0.2) is 46.4 Å². The van der Waals surface area contributed by atoms with E-state index in [0.29, 0.717) is 58.1 Å². The number of aromatic nitrogens is 1. The van der Waals surface area contributed by atoms with Gasteiger partial charge in [-0.1, -0.05) is 35.9 Å². The van der Waals surface area contributed by atoms with E-state index < -0.39 is 0 Å². The first-order valence-corrected chi connectivity index (χ1v) is 12.8. The van der Waals surface area contributed by atoms with Crippen LogP contribution < -0.4 is 0 Å². The smallest absolute Gasteiger partial charge is 0.309 e. The van der Waals surface area contributed by atoms with E-state index in [1.54, 1.807) is 24.0 Å². The van der Waals surface area contributed by atoms with Crippen LogP contribution in [-0.2, 0) is 29.2 Å². The molecule has 0 atom stereocenters. The lowest BCUT2D eigenvalue weighted by atomic mass is 9.97. The fourth-order valence-electron chi connectivity index (χ4n) is 4.64. The highest BCUT2D eigenvalue weighted by Gasteiger charge is 2.30. The van der Waals surface area contributed by atoms with E-state index in [2.05, 4.69) is 41.9 Å². The van der Waals surface area contributed by atoms with Crippen LogP contribution >= 0.6 is 0 Å². The van der Waals surface area contributed by atoms with Gasteiger partial charge in [-0.15, -0.1) is 0 Å². The van der Waals surface area contributed by atoms with Crippen molar-refractivity contribution in [3.05, 3.63) is 88.4 Å². The number of halogens is 1. The van der Waals surface area contributed by atoms with Gasteiger partial charge >= 0.3 is 5.97 Å². The summed E-state index contributed by atoms with van der Waals surface area (Å²) in [6.45, 7) is 8.87. The summed E-state index contributed by atoms with van der Waals surface area (Å²) < 4.78 is 24.3. The van der Waals surface area contributed by atoms with Gasteiger partial charge in [-0.25, -0.2) is 9.37 Å². The zero-order chi connectivity index (χ0) is 26.4. The Morgan fingerprint density at radius 1 is 1.08 bits per heavy atom. The third-order valence-corrected chi connectivity index (χ3v) is 6.75. The fraction of sp³-hybridized carbons (Fsp3) is 0.414. The van der Waals surface area contributed by atoms with Crippen molar-refractivity contribution in [2.75, 3.05) is 19.7 Å². The van der Waals surface area contributed by atoms with Gasteiger partial charge in [0.25, 0.3) is 5.91 Å². The third kappa shape index (κ3) is 7.04. The molecule has 1 aliphatic heterocycles. The van der Waals surface area contributed by atoms with Gasteiger partial charge in [0.15, 0.2) is 5.69 Å². The molecule has 0 spiro atoms. The first-order valence-electron chi connectivity index (χ1n) is 12.8. The largest absolute Gasteiger partial charge is 0.466 e. The Bertz CT molecular complexity index is 1220. The first kappa shape index (κ1) is 26.5. The molecular formula is C29H34FN3O4. The second kappa shape index (κ2) is 12.1. The average molecular weight is 508 g/mol. The lowest BCUT2D eigenvalue weighted by Gasteiger charge is -2.30. The van der Waals surface area contributed by atoms with Crippen LogP contribution in [0.1, 0.15) is 58.4 Å². The summed E-state index contributed by atoms with van der Waals surface area (Å²) in [4.78, 5) is 33.4. The molecule has 37 heavy (non-hydrogen) atoms. The van der Waals surface area contributed by atoms with E-state index in [0.717, 1.165) is 5.56 Å². The van der Waals surface area contributed by atoms with Crippen molar-refractivity contribution < 1.29 is 23.1 Å². The number of likely N-dealkylation sites (tertiary alicyclic amines) is 1. The van der Waals surface area contributed by atoms with E-state index in [4.69, 9.17) is 9.15 Å². The Labute approximate surface area is 217 Å². The molecule has 8 heteroatoms. The molecule has 0 unspecified atom stereocenters. The van der Waals surface area contributed by atoms with Crippen molar-refractivity contribution in [2.24, 2.45) is 5.92 Å². The van der Waals surface area contributed by atoms with Crippen molar-refractivity contribution in [1.82, 2.24) is 14.8 Å². The van der Waals surface area contributed by atoms with Crippen LogP contribution in [0.2, 0.25) is 0 Å². The maximum absolute atomic E-state index is 13.4. The molecule has 1 amide bonds. The number of hydrogen-bond acceptors (Lipinski definition) is 6. The van der Waals surface area contributed by atoms with Gasteiger partial charge in [-0.3, -0.25) is 14.5 Å². The van der Waals surface area contributed by atoms with E-state index in [1.807, 2.05) is 0 Å². The van der Waals surface area contributed by atoms with Crippen molar-refractivity contribution in [2.45, 2.75) is 53.2 Å². The molecule has 3 aromatic rings. The number of benzene rings is 2. The highest BCUT2D eigenvalue weighted by Crippen LogP contribution is 2.22. The molecule has 7 nitrogen and oxygen atoms in total. The Kier molecular flexibility index (Phi) is 8.71. The van der Waals surface area contributed by atoms with Gasteiger partial charge in [0.2, 0.25) is 5.89 Å². The van der Waals surface area contributed by atoms with E-state index in [-0.39, 0.29) is 29.3 Å². The number of ether oxygens (including phenoxy) is 1. The van der Waals surface area contributed by atoms with Crippen LogP contribution in [0.3, 0.4) is 0 Å². The highest BCUT2D eigenvalue weighted by atomic mass is 19.1. The van der Waals surface area contributed by atoms with Gasteiger partial charge in [-0.05, 0) is 62.4 Å². The molecular weight excluding hydrogens is 473 g/mol. The maximum Gasteiger partial charge on any atom is 0.309 e. The Hall–Kier alpha value is -3.52. The average Bonchev–Trinajstić information content (AvgIpc) is 3.36. The molecule has 1 aromatic heterocycles. The Morgan fingerprint density at radius 2 is 1.81 bits per heavy atom. The topological polar surface area (TPSA) is 75.9 Å². The van der Waals surface area contributed by atoms with Crippen molar-refractivity contribution in [1.29, 1.82) is 0 Å². The van der Waals surface area contributed by atoms with Crippen LogP contribution in [0, 0.1) is 25.6 Å². The van der Waals surface area contributed by atoms with Crippen LogP contribution in [0.25, 0.3) is 0 Å². The zero-order valence-electron chi connectivity index (χ0n) is 21.7. The number of amides is 1. The van der Waals surface area contributed by atoms with Crippen LogP contribution in [0.15, 0.2) is 53.1 Å². The number of rotatable bonds is 9. The number of carbonyl (C=O) groups excluding carboxylic acids is 2. The van der Waals surface area contributed by atoms with Gasteiger partial charge < -0.3 is 14.1 Å². The van der Waals surface area contributed by atoms with E-state index in [1.165, 1.54) is 35.1 Å². The Balaban J connectivity index is 1.44. The summed E-state index contributed by atoms with van der Waals surface area (Å²) in [5.74, 6) is -0.383. The van der Waals surface area contributed by atoms with Crippen molar-refractivity contribution in [3.63, 3.8) is 0 Å². The predicted octanol–water partition coefficient (Wildman–Crippen LogP) is 5.05. The van der Waals surface area contributed by atoms with Gasteiger partial charge in [-0.2, -0.15) is 0 Å². The van der Waals surface area contributed by atoms with Gasteiger partial charge in [0.05, 0.1) is 19.1 Å². The molecule has 0 saturated carbocycles. The van der Waals surface area contributed by atoms with Crippen LogP contribution in [0.4, 0.5) is 4.39 Å². The molecule has 196 valence electrons. The molecule has 1 saturated heterocycles. The monoisotopic (exact) mass is 507 g/mol. The number of aryl methyl sites for hydroxylation is 2. The molecule has 0 aliphatic carbocycles. The number of nitrogens with zero attached hydrogens (tertiary/aromatic N) is 3. The number of oxazole rings is 1. The number of carbonyl (C=O) groups is 2. The standard InChI is InChI=1S/C29H34FN3O4/c1-4-36-29(35)23-11-13-33(14-12-23)28(34)26-19-37-27(31-26)18-32(16-22-7-9-25(30)10-8-22)17-24-15-20(2)5-6-21(24)3/h5-10,15,19,23H,4,11-14,16-18H2,1-3H3. The number of esters is 1. The van der Waals surface area contributed by atoms with Gasteiger partial charge in [0, 0.05) is 26.2 Å². The molecule has 4 rings (SSSR count). The number of piperidine rings is 1. The SMILES string of the molecule is CCOC(=O)C1CCN(C(=O)c2coc(CN(Cc3ccc(F)cc3)Cc3cc(C)ccc3C)n2)CC1. The molecule has 0 N–H and O–H groups in total. The lowest BCUT2D eigenvalue weighted by molar-refractivity contribution is -0.149. The molecule has 0 bridgehead atoms. The quantitative estimate of drug-likeness (QED) is 0.378. The first-order chi connectivity index (χ1) is 17.8. The minimum Gasteiger partial charge on any atom is -0.466 e. The van der Waals surface area contributed by atoms with Crippen LogP contribution in [0.5, 0.6) is 0 Å². The second-order valence-corrected chi connectivity index (χ2v) is 9.65. The summed E-state index contributed by atoms with van der Waals surface area (Å²) in [6.07, 6.45) is 2.57. The second-order valence-electron chi connectivity index (χ2n) is 9.65. The van der Waals surface area contributed by atoms with Crippen molar-refractivity contribution >= 4 is 11.9 Å². The summed E-state index contributed by atoms with van der Waals surface area (Å²) in [7, 11) is 0. The lowest BCUT2D eigenvalue weighted by Crippen LogP contribution is -2.40. The summed E-state index contributed by atoms with van der Waals surface area (Å²) >= 11 is 0. The molecule has 2 aromatic carbocycles. The minimum atomic E-state index is -0.271. The third-order valence-electron chi connectivity index (χ3n) is 6.75. The summed E-state index contributed by atoms with van der Waals surface area (Å²) in [5, 5.41) is 0. The van der Waals surface area contributed by atoms with Gasteiger partial charge in [0.1, 0.15) is 12.1 Å². The molecule has 1 aliphatic rings. The van der Waals surface area contributed by atoms with E-state index >= 15 is 0 Å². The normalized spacial score (nSPS) is 14.2. The molecule has 1 fully saturated rings. The summed E-state index contributed by atoms with van der Waals surface area (Å²) in [5.41, 5.74) is 4.79.